The van der Waals surface area contributed by atoms with Crippen molar-refractivity contribution < 1.29 is 23.4 Å². The van der Waals surface area contributed by atoms with Gasteiger partial charge in [-0.05, 0) is 23.8 Å². The Morgan fingerprint density at radius 3 is 2.67 bits per heavy atom. The van der Waals surface area contributed by atoms with E-state index in [0.29, 0.717) is 5.56 Å². The molecule has 0 aliphatic carbocycles. The quantitative estimate of drug-likeness (QED) is 0.715. The number of carboxylic acids is 1. The number of carboxylic acid groups (broad SMARTS) is 1. The standard InChI is InChI=1S/C9H8O5S/c10-6-1-2-7-5(3-6)4-8(9(11)12)15(7,13)14/h1-3,8,10H,4H2,(H,11,12). The minimum absolute atomic E-state index is 0.00713. The van der Waals surface area contributed by atoms with Gasteiger partial charge in [-0.25, -0.2) is 8.42 Å². The molecule has 0 radical (unpaired) electrons. The van der Waals surface area contributed by atoms with Crippen molar-refractivity contribution >= 4 is 15.8 Å². The number of fused-ring (bicyclic) bond motifs is 1. The van der Waals surface area contributed by atoms with E-state index in [2.05, 4.69) is 0 Å². The van der Waals surface area contributed by atoms with Crippen LogP contribution in [0.3, 0.4) is 0 Å². The highest BCUT2D eigenvalue weighted by atomic mass is 32.2. The van der Waals surface area contributed by atoms with E-state index in [1.54, 1.807) is 0 Å². The van der Waals surface area contributed by atoms with E-state index in [1.807, 2.05) is 0 Å². The molecule has 80 valence electrons. The van der Waals surface area contributed by atoms with Gasteiger partial charge in [-0.15, -0.1) is 0 Å². The third-order valence-electron chi connectivity index (χ3n) is 2.41. The summed E-state index contributed by atoms with van der Waals surface area (Å²) >= 11 is 0. The first-order chi connectivity index (χ1) is 6.93. The molecule has 5 nitrogen and oxygen atoms in total. The molecule has 1 heterocycles. The second-order valence-corrected chi connectivity index (χ2v) is 5.47. The van der Waals surface area contributed by atoms with Crippen molar-refractivity contribution in [1.29, 1.82) is 0 Å². The summed E-state index contributed by atoms with van der Waals surface area (Å²) in [6.07, 6.45) is -0.0819. The van der Waals surface area contributed by atoms with Crippen LogP contribution in [0.1, 0.15) is 5.56 Å². The summed E-state index contributed by atoms with van der Waals surface area (Å²) in [6, 6.07) is 3.76. The molecule has 0 fully saturated rings. The minimum Gasteiger partial charge on any atom is -0.508 e. The highest BCUT2D eigenvalue weighted by Gasteiger charge is 2.41. The lowest BCUT2D eigenvalue weighted by atomic mass is 10.1. The van der Waals surface area contributed by atoms with Gasteiger partial charge in [0.1, 0.15) is 5.75 Å². The van der Waals surface area contributed by atoms with Gasteiger partial charge in [0.2, 0.25) is 0 Å². The Morgan fingerprint density at radius 1 is 1.40 bits per heavy atom. The Hall–Kier alpha value is -1.56. The van der Waals surface area contributed by atoms with Crippen molar-refractivity contribution in [2.75, 3.05) is 0 Å². The number of phenols is 1. The van der Waals surface area contributed by atoms with Crippen molar-refractivity contribution in [3.8, 4) is 5.75 Å². The number of benzene rings is 1. The summed E-state index contributed by atoms with van der Waals surface area (Å²) in [6.45, 7) is 0. The Kier molecular flexibility index (Phi) is 1.97. The molecule has 2 rings (SSSR count). The number of aliphatic carboxylic acids is 1. The molecule has 1 atom stereocenters. The normalized spacial score (nSPS) is 22.3. The predicted molar refractivity (Wildman–Crippen MR) is 50.4 cm³/mol. The van der Waals surface area contributed by atoms with Crippen LogP contribution in [-0.4, -0.2) is 29.9 Å². The second kappa shape index (κ2) is 2.96. The molecule has 1 aromatic rings. The smallest absolute Gasteiger partial charge is 0.322 e. The lowest BCUT2D eigenvalue weighted by Gasteiger charge is -2.01. The lowest BCUT2D eigenvalue weighted by Crippen LogP contribution is -2.26. The van der Waals surface area contributed by atoms with Crippen molar-refractivity contribution in [3.63, 3.8) is 0 Å². The van der Waals surface area contributed by atoms with Crippen molar-refractivity contribution in [1.82, 2.24) is 0 Å². The second-order valence-electron chi connectivity index (χ2n) is 3.37. The Bertz CT molecular complexity index is 531. The molecule has 1 aromatic carbocycles. The fourth-order valence-electron chi connectivity index (χ4n) is 1.69. The summed E-state index contributed by atoms with van der Waals surface area (Å²) in [5.41, 5.74) is 0.363. The average Bonchev–Trinajstić information content (AvgIpc) is 2.37. The van der Waals surface area contributed by atoms with Crippen LogP contribution in [0.4, 0.5) is 0 Å². The van der Waals surface area contributed by atoms with Crippen LogP contribution in [-0.2, 0) is 21.1 Å². The molecule has 0 amide bonds. The maximum absolute atomic E-state index is 11.7. The van der Waals surface area contributed by atoms with Gasteiger partial charge in [0.25, 0.3) is 0 Å². The van der Waals surface area contributed by atoms with Crippen molar-refractivity contribution in [2.24, 2.45) is 0 Å². The first-order valence-corrected chi connectivity index (χ1v) is 5.76. The van der Waals surface area contributed by atoms with E-state index in [-0.39, 0.29) is 17.1 Å². The van der Waals surface area contributed by atoms with E-state index in [4.69, 9.17) is 10.2 Å². The van der Waals surface area contributed by atoms with E-state index in [9.17, 15) is 13.2 Å². The first-order valence-electron chi connectivity index (χ1n) is 4.21. The van der Waals surface area contributed by atoms with Gasteiger partial charge < -0.3 is 10.2 Å². The Balaban J connectivity index is 2.62. The third-order valence-corrected chi connectivity index (χ3v) is 4.53. The fourth-order valence-corrected chi connectivity index (χ4v) is 3.42. The zero-order valence-electron chi connectivity index (χ0n) is 7.54. The van der Waals surface area contributed by atoms with Crippen LogP contribution in [0, 0.1) is 0 Å². The van der Waals surface area contributed by atoms with Gasteiger partial charge in [0.05, 0.1) is 4.90 Å². The number of sulfone groups is 1. The van der Waals surface area contributed by atoms with Crippen LogP contribution in [0.25, 0.3) is 0 Å². The number of hydrogen-bond donors (Lipinski definition) is 2. The van der Waals surface area contributed by atoms with Gasteiger partial charge in [-0.3, -0.25) is 4.79 Å². The van der Waals surface area contributed by atoms with Crippen LogP contribution in [0.15, 0.2) is 23.1 Å². The van der Waals surface area contributed by atoms with Gasteiger partial charge >= 0.3 is 5.97 Å². The molecule has 1 aliphatic rings. The van der Waals surface area contributed by atoms with Gasteiger partial charge in [0, 0.05) is 6.42 Å². The summed E-state index contributed by atoms with van der Waals surface area (Å²) in [7, 11) is -3.77. The number of carbonyl (C=O) groups is 1. The van der Waals surface area contributed by atoms with E-state index in [1.165, 1.54) is 18.2 Å². The highest BCUT2D eigenvalue weighted by Crippen LogP contribution is 2.33. The molecule has 0 saturated heterocycles. The zero-order chi connectivity index (χ0) is 11.2. The summed E-state index contributed by atoms with van der Waals surface area (Å²) in [4.78, 5) is 10.7. The maximum atomic E-state index is 11.7. The molecule has 0 saturated carbocycles. The molecule has 0 aromatic heterocycles. The molecule has 1 unspecified atom stereocenters. The Morgan fingerprint density at radius 2 is 2.07 bits per heavy atom. The third kappa shape index (κ3) is 1.37. The molecule has 2 N–H and O–H groups in total. The lowest BCUT2D eigenvalue weighted by molar-refractivity contribution is -0.136. The fraction of sp³-hybridized carbons (Fsp3) is 0.222. The topological polar surface area (TPSA) is 91.7 Å². The number of rotatable bonds is 1. The van der Waals surface area contributed by atoms with E-state index < -0.39 is 21.1 Å². The van der Waals surface area contributed by atoms with Gasteiger partial charge in [0.15, 0.2) is 15.1 Å². The molecule has 0 bridgehead atoms. The summed E-state index contributed by atoms with van der Waals surface area (Å²) in [5.74, 6) is -1.42. The highest BCUT2D eigenvalue weighted by molar-refractivity contribution is 7.93. The predicted octanol–water partition coefficient (Wildman–Crippen LogP) is 0.175. The summed E-state index contributed by atoms with van der Waals surface area (Å²) in [5, 5.41) is 16.5. The van der Waals surface area contributed by atoms with E-state index >= 15 is 0 Å². The number of hydrogen-bond acceptors (Lipinski definition) is 4. The van der Waals surface area contributed by atoms with Gasteiger partial charge in [-0.1, -0.05) is 0 Å². The maximum Gasteiger partial charge on any atom is 0.322 e. The average molecular weight is 228 g/mol. The van der Waals surface area contributed by atoms with Crippen molar-refractivity contribution in [3.05, 3.63) is 23.8 Å². The monoisotopic (exact) mass is 228 g/mol. The van der Waals surface area contributed by atoms with E-state index in [0.717, 1.165) is 0 Å². The summed E-state index contributed by atoms with van der Waals surface area (Å²) < 4.78 is 23.3. The SMILES string of the molecule is O=C(O)C1Cc2cc(O)ccc2S1(=O)=O. The van der Waals surface area contributed by atoms with Crippen molar-refractivity contribution in [2.45, 2.75) is 16.6 Å². The molecule has 6 heteroatoms. The van der Waals surface area contributed by atoms with Crippen LogP contribution < -0.4 is 0 Å². The molecular formula is C9H8O5S. The molecular weight excluding hydrogens is 220 g/mol. The van der Waals surface area contributed by atoms with Gasteiger partial charge in [-0.2, -0.15) is 0 Å². The largest absolute Gasteiger partial charge is 0.508 e. The Labute approximate surface area is 85.9 Å². The number of aromatic hydroxyl groups is 1. The van der Waals surface area contributed by atoms with Crippen LogP contribution in [0.5, 0.6) is 5.75 Å². The first kappa shape index (κ1) is 9.97. The zero-order valence-corrected chi connectivity index (χ0v) is 8.36. The molecule has 0 spiro atoms. The molecule has 1 aliphatic heterocycles. The number of phenolic OH excluding ortho intramolecular Hbond substituents is 1. The minimum atomic E-state index is -3.77. The van der Waals surface area contributed by atoms with Crippen LogP contribution >= 0.6 is 0 Å². The molecule has 15 heavy (non-hydrogen) atoms. The van der Waals surface area contributed by atoms with Crippen LogP contribution in [0.2, 0.25) is 0 Å².